The molecule has 0 unspecified atom stereocenters. The van der Waals surface area contributed by atoms with Gasteiger partial charge in [0, 0.05) is 0 Å². The predicted octanol–water partition coefficient (Wildman–Crippen LogP) is 0.289. The van der Waals surface area contributed by atoms with E-state index in [9.17, 15) is 13.2 Å². The van der Waals surface area contributed by atoms with E-state index in [1.807, 2.05) is 0 Å². The van der Waals surface area contributed by atoms with Gasteiger partial charge in [-0.25, -0.2) is 5.84 Å². The summed E-state index contributed by atoms with van der Waals surface area (Å²) in [5, 5.41) is 0. The van der Waals surface area contributed by atoms with Crippen molar-refractivity contribution in [1.29, 1.82) is 0 Å². The van der Waals surface area contributed by atoms with E-state index >= 15 is 0 Å². The maximum absolute atomic E-state index is 12.0. The molecule has 0 saturated heterocycles. The van der Waals surface area contributed by atoms with Crippen molar-refractivity contribution in [3.8, 4) is 0 Å². The molecule has 66 valence electrons. The number of nitrogen functional groups attached to an aromatic ring is 2. The van der Waals surface area contributed by atoms with E-state index in [2.05, 4.69) is 0 Å². The van der Waals surface area contributed by atoms with Crippen LogP contribution in [0.3, 0.4) is 0 Å². The molecule has 1 aromatic heterocycles. The molecule has 0 aliphatic heterocycles. The maximum atomic E-state index is 12.0. The lowest BCUT2D eigenvalue weighted by Gasteiger charge is -2.03. The highest BCUT2D eigenvalue weighted by atomic mass is 19.4. The molecule has 0 bridgehead atoms. The van der Waals surface area contributed by atoms with Crippen LogP contribution in [-0.2, 0) is 6.18 Å². The number of nitrogens with two attached hydrogens (primary N) is 2. The number of rotatable bonds is 0. The van der Waals surface area contributed by atoms with Gasteiger partial charge in [-0.1, -0.05) is 4.68 Å². The van der Waals surface area contributed by atoms with Gasteiger partial charge in [0.1, 0.15) is 5.56 Å². The molecular weight excluding hydrogens is 171 g/mol. The van der Waals surface area contributed by atoms with Gasteiger partial charge in [-0.2, -0.15) is 13.2 Å². The molecule has 0 saturated carbocycles. The zero-order valence-corrected chi connectivity index (χ0v) is 5.97. The second kappa shape index (κ2) is 2.54. The second-order valence-electron chi connectivity index (χ2n) is 2.30. The van der Waals surface area contributed by atoms with Crippen LogP contribution in [0.4, 0.5) is 18.9 Å². The molecule has 0 amide bonds. The van der Waals surface area contributed by atoms with E-state index in [4.69, 9.17) is 11.6 Å². The summed E-state index contributed by atoms with van der Waals surface area (Å²) in [5.74, 6) is 5.09. The van der Waals surface area contributed by atoms with Gasteiger partial charge < -0.3 is 5.73 Å². The van der Waals surface area contributed by atoms with E-state index < -0.39 is 11.7 Å². The third-order valence-electron chi connectivity index (χ3n) is 1.24. The number of hydrogen-bond acceptors (Lipinski definition) is 2. The average molecular weight is 178 g/mol. The van der Waals surface area contributed by atoms with Crippen molar-refractivity contribution in [1.82, 2.24) is 0 Å². The average Bonchev–Trinajstić information content (AvgIpc) is 1.82. The minimum absolute atomic E-state index is 0.0210. The highest BCUT2D eigenvalue weighted by Crippen LogP contribution is 2.28. The van der Waals surface area contributed by atoms with Crippen LogP contribution in [0, 0.1) is 0 Å². The zero-order chi connectivity index (χ0) is 9.35. The van der Waals surface area contributed by atoms with Gasteiger partial charge in [-0.3, -0.25) is 0 Å². The molecule has 1 rings (SSSR count). The van der Waals surface area contributed by atoms with Gasteiger partial charge in [0.15, 0.2) is 0 Å². The van der Waals surface area contributed by atoms with Crippen LogP contribution < -0.4 is 16.3 Å². The SMILES string of the molecule is Nc1cc(C(F)(F)F)c[n+](N)c1. The summed E-state index contributed by atoms with van der Waals surface area (Å²) in [4.78, 5) is 0. The third kappa shape index (κ3) is 1.77. The summed E-state index contributed by atoms with van der Waals surface area (Å²) in [6.07, 6.45) is -2.46. The molecular formula is C6H7F3N3+. The molecule has 0 aliphatic carbocycles. The lowest BCUT2D eigenvalue weighted by Crippen LogP contribution is -2.44. The first-order valence-corrected chi connectivity index (χ1v) is 3.03. The Morgan fingerprint density at radius 1 is 1.25 bits per heavy atom. The van der Waals surface area contributed by atoms with Crippen molar-refractivity contribution in [2.75, 3.05) is 11.6 Å². The lowest BCUT2D eigenvalue weighted by atomic mass is 10.2. The third-order valence-corrected chi connectivity index (χ3v) is 1.24. The van der Waals surface area contributed by atoms with Crippen molar-refractivity contribution in [3.05, 3.63) is 24.0 Å². The van der Waals surface area contributed by atoms with Crippen LogP contribution in [0.2, 0.25) is 0 Å². The highest BCUT2D eigenvalue weighted by molar-refractivity contribution is 5.35. The Hall–Kier alpha value is -1.46. The van der Waals surface area contributed by atoms with E-state index in [0.29, 0.717) is 0 Å². The Balaban J connectivity index is 3.18. The van der Waals surface area contributed by atoms with Crippen LogP contribution in [0.5, 0.6) is 0 Å². The van der Waals surface area contributed by atoms with Crippen molar-refractivity contribution in [2.45, 2.75) is 6.18 Å². The van der Waals surface area contributed by atoms with Crippen LogP contribution in [0.1, 0.15) is 5.56 Å². The first-order valence-electron chi connectivity index (χ1n) is 3.03. The lowest BCUT2D eigenvalue weighted by molar-refractivity contribution is -0.639. The normalized spacial score (nSPS) is 11.6. The standard InChI is InChI=1S/C6H7F3N3/c7-6(8,9)4-1-5(10)3-12(11)2-4/h1-3H,10-11H2/q+1. The maximum Gasteiger partial charge on any atom is 0.422 e. The van der Waals surface area contributed by atoms with Crippen molar-refractivity contribution in [3.63, 3.8) is 0 Å². The molecule has 6 heteroatoms. The molecule has 0 aliphatic rings. The predicted molar refractivity (Wildman–Crippen MR) is 36.2 cm³/mol. The van der Waals surface area contributed by atoms with Gasteiger partial charge in [-0.05, 0) is 6.07 Å². The summed E-state index contributed by atoms with van der Waals surface area (Å²) >= 11 is 0. The summed E-state index contributed by atoms with van der Waals surface area (Å²) in [5.41, 5.74) is 4.28. The smallest absolute Gasteiger partial charge is 0.394 e. The van der Waals surface area contributed by atoms with E-state index in [1.165, 1.54) is 6.20 Å². The number of aromatic nitrogens is 1. The number of anilines is 1. The van der Waals surface area contributed by atoms with Gasteiger partial charge in [0.05, 0.1) is 5.69 Å². The molecule has 3 nitrogen and oxygen atoms in total. The van der Waals surface area contributed by atoms with Gasteiger partial charge in [0.2, 0.25) is 12.4 Å². The number of pyridine rings is 1. The molecule has 1 aromatic rings. The topological polar surface area (TPSA) is 55.9 Å². The number of halogens is 3. The molecule has 1 heterocycles. The Morgan fingerprint density at radius 3 is 2.25 bits per heavy atom. The largest absolute Gasteiger partial charge is 0.422 e. The van der Waals surface area contributed by atoms with Crippen LogP contribution in [0.25, 0.3) is 0 Å². The van der Waals surface area contributed by atoms with E-state index in [0.717, 1.165) is 16.9 Å². The van der Waals surface area contributed by atoms with Gasteiger partial charge in [0.25, 0.3) is 0 Å². The fraction of sp³-hybridized carbons (Fsp3) is 0.167. The molecule has 0 aromatic carbocycles. The minimum atomic E-state index is -4.41. The van der Waals surface area contributed by atoms with E-state index in [1.54, 1.807) is 0 Å². The summed E-state index contributed by atoms with van der Waals surface area (Å²) < 4.78 is 36.8. The zero-order valence-electron chi connectivity index (χ0n) is 5.97. The van der Waals surface area contributed by atoms with Gasteiger partial charge in [-0.15, -0.1) is 0 Å². The number of alkyl halides is 3. The van der Waals surface area contributed by atoms with Gasteiger partial charge >= 0.3 is 6.18 Å². The minimum Gasteiger partial charge on any atom is -0.394 e. The molecule has 12 heavy (non-hydrogen) atoms. The molecule has 0 spiro atoms. The number of nitrogens with zero attached hydrogens (tertiary/aromatic N) is 1. The number of hydrogen-bond donors (Lipinski definition) is 2. The second-order valence-corrected chi connectivity index (χ2v) is 2.30. The van der Waals surface area contributed by atoms with Crippen molar-refractivity contribution >= 4 is 5.69 Å². The van der Waals surface area contributed by atoms with Crippen molar-refractivity contribution < 1.29 is 17.8 Å². The monoisotopic (exact) mass is 178 g/mol. The Kier molecular flexibility index (Phi) is 1.83. The fourth-order valence-corrected chi connectivity index (χ4v) is 0.779. The Labute approximate surface area is 66.4 Å². The molecule has 0 atom stereocenters. The molecule has 4 N–H and O–H groups in total. The summed E-state index contributed by atoms with van der Waals surface area (Å²) in [6.45, 7) is 0. The molecule has 0 fully saturated rings. The first kappa shape index (κ1) is 8.63. The Bertz CT molecular complexity index is 274. The van der Waals surface area contributed by atoms with Crippen LogP contribution >= 0.6 is 0 Å². The molecule has 0 radical (unpaired) electrons. The summed E-state index contributed by atoms with van der Waals surface area (Å²) in [7, 11) is 0. The Morgan fingerprint density at radius 2 is 1.83 bits per heavy atom. The fourth-order valence-electron chi connectivity index (χ4n) is 0.779. The summed E-state index contributed by atoms with van der Waals surface area (Å²) in [6, 6.07) is 0.823. The van der Waals surface area contributed by atoms with E-state index in [-0.39, 0.29) is 5.69 Å². The van der Waals surface area contributed by atoms with Crippen LogP contribution in [0.15, 0.2) is 18.5 Å². The first-order chi connectivity index (χ1) is 5.39. The highest BCUT2D eigenvalue weighted by Gasteiger charge is 2.33. The quantitative estimate of drug-likeness (QED) is 0.443. The van der Waals surface area contributed by atoms with Crippen LogP contribution in [-0.4, -0.2) is 0 Å². The van der Waals surface area contributed by atoms with Crippen molar-refractivity contribution in [2.24, 2.45) is 0 Å².